The molecule has 0 saturated carbocycles. The number of hydrogen-bond acceptors (Lipinski definition) is 8. The highest BCUT2D eigenvalue weighted by molar-refractivity contribution is 6.10. The third-order valence-electron chi connectivity index (χ3n) is 7.43. The second-order valence-corrected chi connectivity index (χ2v) is 12.2. The van der Waals surface area contributed by atoms with Gasteiger partial charge < -0.3 is 31.3 Å². The average Bonchev–Trinajstić information content (AvgIpc) is 3.15. The van der Waals surface area contributed by atoms with Crippen molar-refractivity contribution in [3.63, 3.8) is 0 Å². The van der Waals surface area contributed by atoms with Crippen LogP contribution in [0.4, 0.5) is 27.9 Å². The van der Waals surface area contributed by atoms with Crippen LogP contribution in [-0.2, 0) is 14.9 Å². The first-order valence-corrected chi connectivity index (χ1v) is 14.1. The molecule has 0 spiro atoms. The van der Waals surface area contributed by atoms with Crippen molar-refractivity contribution in [2.45, 2.75) is 64.5 Å². The van der Waals surface area contributed by atoms with Gasteiger partial charge in [0.05, 0.1) is 11.1 Å². The third-order valence-corrected chi connectivity index (χ3v) is 7.43. The van der Waals surface area contributed by atoms with Gasteiger partial charge in [-0.25, -0.2) is 9.78 Å². The van der Waals surface area contributed by atoms with Gasteiger partial charge in [-0.1, -0.05) is 30.3 Å². The van der Waals surface area contributed by atoms with Crippen molar-refractivity contribution in [3.05, 3.63) is 59.8 Å². The molecule has 2 aliphatic rings. The molecule has 5 rings (SSSR count). The second-order valence-electron chi connectivity index (χ2n) is 12.2. The summed E-state index contributed by atoms with van der Waals surface area (Å²) in [5.41, 5.74) is 8.51. The van der Waals surface area contributed by atoms with Gasteiger partial charge in [0, 0.05) is 36.6 Å². The molecule has 2 aromatic carbocycles. The fourth-order valence-electron chi connectivity index (χ4n) is 5.27. The SMILES string of the molecule is CC(C)(C)OC(=O)N[C@H]1CCCN(c2ncc(C(N)=O)c(Nc3cc(-c4ccccc4)c4c(c3)C(C)(C)C(=O)N4)n2)C1. The number of rotatable bonds is 6. The number of carbonyl (C=O) groups excluding carboxylic acids is 3. The van der Waals surface area contributed by atoms with Crippen molar-refractivity contribution < 1.29 is 19.1 Å². The second kappa shape index (κ2) is 11.0. The smallest absolute Gasteiger partial charge is 0.407 e. The molecule has 11 heteroatoms. The number of nitrogens with zero attached hydrogens (tertiary/aromatic N) is 3. The Hall–Kier alpha value is -4.67. The molecular weight excluding hydrogens is 534 g/mol. The Bertz CT molecular complexity index is 1530. The van der Waals surface area contributed by atoms with Crippen LogP contribution in [0, 0.1) is 0 Å². The number of alkyl carbamates (subject to hydrolysis) is 1. The molecule has 5 N–H and O–H groups in total. The first kappa shape index (κ1) is 28.8. The molecule has 3 heterocycles. The van der Waals surface area contributed by atoms with E-state index in [0.717, 1.165) is 35.2 Å². The zero-order valence-electron chi connectivity index (χ0n) is 24.6. The summed E-state index contributed by atoms with van der Waals surface area (Å²) in [6.07, 6.45) is 2.55. The minimum atomic E-state index is -0.760. The maximum atomic E-state index is 12.9. The van der Waals surface area contributed by atoms with Crippen LogP contribution in [0.2, 0.25) is 0 Å². The highest BCUT2D eigenvalue weighted by Crippen LogP contribution is 2.45. The van der Waals surface area contributed by atoms with Crippen LogP contribution in [0.5, 0.6) is 0 Å². The van der Waals surface area contributed by atoms with E-state index in [0.29, 0.717) is 24.7 Å². The molecule has 3 aromatic rings. The molecule has 0 unspecified atom stereocenters. The summed E-state index contributed by atoms with van der Waals surface area (Å²) < 4.78 is 5.42. The van der Waals surface area contributed by atoms with Crippen molar-refractivity contribution >= 4 is 41.0 Å². The lowest BCUT2D eigenvalue weighted by atomic mass is 9.84. The normalized spacial score (nSPS) is 17.7. The largest absolute Gasteiger partial charge is 0.444 e. The van der Waals surface area contributed by atoms with E-state index in [-0.39, 0.29) is 23.3 Å². The summed E-state index contributed by atoms with van der Waals surface area (Å²) >= 11 is 0. The summed E-state index contributed by atoms with van der Waals surface area (Å²) in [4.78, 5) is 48.7. The quantitative estimate of drug-likeness (QED) is 0.332. The van der Waals surface area contributed by atoms with Crippen molar-refractivity contribution in [1.29, 1.82) is 0 Å². The van der Waals surface area contributed by atoms with Gasteiger partial charge in [0.2, 0.25) is 11.9 Å². The molecule has 11 nitrogen and oxygen atoms in total. The molecule has 1 atom stereocenters. The predicted molar refractivity (Wildman–Crippen MR) is 162 cm³/mol. The van der Waals surface area contributed by atoms with Crippen LogP contribution in [-0.4, -0.2) is 52.6 Å². The number of fused-ring (bicyclic) bond motifs is 1. The molecule has 1 aromatic heterocycles. The third kappa shape index (κ3) is 6.00. The maximum Gasteiger partial charge on any atom is 0.407 e. The van der Waals surface area contributed by atoms with E-state index >= 15 is 0 Å². The zero-order chi connectivity index (χ0) is 30.2. The lowest BCUT2D eigenvalue weighted by Crippen LogP contribution is -2.49. The number of piperidine rings is 1. The van der Waals surface area contributed by atoms with Gasteiger partial charge in [-0.2, -0.15) is 4.98 Å². The lowest BCUT2D eigenvalue weighted by Gasteiger charge is -2.33. The van der Waals surface area contributed by atoms with E-state index in [2.05, 4.69) is 20.9 Å². The van der Waals surface area contributed by atoms with Crippen molar-refractivity contribution in [3.8, 4) is 11.1 Å². The van der Waals surface area contributed by atoms with Gasteiger partial charge in [-0.15, -0.1) is 0 Å². The minimum Gasteiger partial charge on any atom is -0.444 e. The Morgan fingerprint density at radius 2 is 1.90 bits per heavy atom. The molecular formula is C31H37N7O4. The number of aromatic nitrogens is 2. The number of primary amides is 1. The Kier molecular flexibility index (Phi) is 7.53. The zero-order valence-corrected chi connectivity index (χ0v) is 24.6. The number of ether oxygens (including phenoxy) is 1. The van der Waals surface area contributed by atoms with Gasteiger partial charge in [0.25, 0.3) is 5.91 Å². The molecule has 0 bridgehead atoms. The average molecular weight is 572 g/mol. The maximum absolute atomic E-state index is 12.9. The number of amides is 3. The Balaban J connectivity index is 1.46. The number of nitrogens with two attached hydrogens (primary N) is 1. The van der Waals surface area contributed by atoms with Gasteiger partial charge in [0.1, 0.15) is 17.0 Å². The van der Waals surface area contributed by atoms with Crippen LogP contribution in [0.1, 0.15) is 63.4 Å². The van der Waals surface area contributed by atoms with E-state index in [1.165, 1.54) is 6.20 Å². The van der Waals surface area contributed by atoms with E-state index in [9.17, 15) is 14.4 Å². The fourth-order valence-corrected chi connectivity index (χ4v) is 5.27. The Labute approximate surface area is 245 Å². The van der Waals surface area contributed by atoms with Crippen LogP contribution < -0.4 is 26.6 Å². The van der Waals surface area contributed by atoms with Crippen molar-refractivity contribution in [2.75, 3.05) is 28.6 Å². The standard InChI is InChI=1S/C31H37N7O4/c1-30(2,3)42-29(41)35-19-12-9-13-38(17-19)28-33-16-22(25(32)39)26(37-28)34-20-14-21(18-10-7-6-8-11-18)24-23(15-20)31(4,5)27(40)36-24/h6-8,10-11,14-16,19H,9,12-13,17H2,1-5H3,(H2,32,39)(H,35,41)(H,36,40)(H,33,34,37)/t19-/m0/s1. The summed E-state index contributed by atoms with van der Waals surface area (Å²) in [6, 6.07) is 13.4. The molecule has 0 radical (unpaired) electrons. The summed E-state index contributed by atoms with van der Waals surface area (Å²) in [6.45, 7) is 10.4. The monoisotopic (exact) mass is 571 g/mol. The number of carbonyl (C=O) groups is 3. The van der Waals surface area contributed by atoms with E-state index < -0.39 is 23.0 Å². The molecule has 3 amide bonds. The highest BCUT2D eigenvalue weighted by Gasteiger charge is 2.40. The lowest BCUT2D eigenvalue weighted by molar-refractivity contribution is -0.119. The van der Waals surface area contributed by atoms with Gasteiger partial charge in [-0.05, 0) is 70.7 Å². The van der Waals surface area contributed by atoms with Crippen LogP contribution >= 0.6 is 0 Å². The van der Waals surface area contributed by atoms with Crippen LogP contribution in [0.15, 0.2) is 48.7 Å². The van der Waals surface area contributed by atoms with Gasteiger partial charge in [0.15, 0.2) is 0 Å². The predicted octanol–water partition coefficient (Wildman–Crippen LogP) is 4.71. The van der Waals surface area contributed by atoms with Crippen LogP contribution in [0.25, 0.3) is 11.1 Å². The molecule has 2 aliphatic heterocycles. The Morgan fingerprint density at radius 1 is 1.17 bits per heavy atom. The minimum absolute atomic E-state index is 0.0892. The molecule has 1 saturated heterocycles. The van der Waals surface area contributed by atoms with Gasteiger partial charge in [-0.3, -0.25) is 9.59 Å². The molecule has 1 fully saturated rings. The van der Waals surface area contributed by atoms with E-state index in [1.807, 2.05) is 82.0 Å². The number of hydrogen-bond donors (Lipinski definition) is 4. The topological polar surface area (TPSA) is 152 Å². The number of anilines is 4. The fraction of sp³-hybridized carbons (Fsp3) is 0.387. The van der Waals surface area contributed by atoms with Gasteiger partial charge >= 0.3 is 6.09 Å². The van der Waals surface area contributed by atoms with Crippen LogP contribution in [0.3, 0.4) is 0 Å². The number of nitrogens with one attached hydrogen (secondary N) is 3. The first-order valence-electron chi connectivity index (χ1n) is 14.1. The first-order chi connectivity index (χ1) is 19.8. The summed E-state index contributed by atoms with van der Waals surface area (Å²) in [5, 5.41) is 9.27. The molecule has 0 aliphatic carbocycles. The van der Waals surface area contributed by atoms with E-state index in [4.69, 9.17) is 15.5 Å². The highest BCUT2D eigenvalue weighted by atomic mass is 16.6. The van der Waals surface area contributed by atoms with E-state index in [1.54, 1.807) is 0 Å². The Morgan fingerprint density at radius 3 is 2.60 bits per heavy atom. The molecule has 220 valence electrons. The molecule has 42 heavy (non-hydrogen) atoms. The van der Waals surface area contributed by atoms with Crippen molar-refractivity contribution in [1.82, 2.24) is 15.3 Å². The van der Waals surface area contributed by atoms with Crippen molar-refractivity contribution in [2.24, 2.45) is 5.73 Å². The number of benzene rings is 2. The summed E-state index contributed by atoms with van der Waals surface area (Å²) in [7, 11) is 0. The summed E-state index contributed by atoms with van der Waals surface area (Å²) in [5.74, 6) is -0.106.